The molecule has 310 valence electrons. The van der Waals surface area contributed by atoms with Gasteiger partial charge in [-0.15, -0.1) is 0 Å². The predicted molar refractivity (Wildman–Crippen MR) is 186 cm³/mol. The van der Waals surface area contributed by atoms with Crippen LogP contribution in [0.2, 0.25) is 0 Å². The number of rotatable bonds is 14. The van der Waals surface area contributed by atoms with E-state index in [4.69, 9.17) is 52.1 Å². The molecule has 57 heavy (non-hydrogen) atoms. The number of fused-ring (bicyclic) bond motifs is 1. The van der Waals surface area contributed by atoms with Crippen molar-refractivity contribution in [2.45, 2.75) is 103 Å². The van der Waals surface area contributed by atoms with Gasteiger partial charge in [-0.2, -0.15) is 0 Å². The Morgan fingerprint density at radius 2 is 1.23 bits per heavy atom. The number of hydrogen-bond acceptors (Lipinski definition) is 19. The summed E-state index contributed by atoms with van der Waals surface area (Å²) in [6.45, 7) is 5.99. The molecule has 0 N–H and O–H groups in total. The van der Waals surface area contributed by atoms with Gasteiger partial charge in [-0.1, -0.05) is 30.3 Å². The van der Waals surface area contributed by atoms with Crippen LogP contribution in [-0.2, 0) is 90.5 Å². The molecule has 0 amide bonds. The fourth-order valence-electron chi connectivity index (χ4n) is 6.93. The Hall–Kier alpha value is -5.82. The molecule has 0 radical (unpaired) electrons. The van der Waals surface area contributed by atoms with Gasteiger partial charge in [0.1, 0.15) is 25.4 Å². The van der Waals surface area contributed by atoms with Crippen LogP contribution < -0.4 is 0 Å². The normalized spacial score (nSPS) is 30.1. The van der Waals surface area contributed by atoms with Gasteiger partial charge >= 0.3 is 47.8 Å². The van der Waals surface area contributed by atoms with Crippen molar-refractivity contribution in [2.75, 3.05) is 13.2 Å². The highest BCUT2D eigenvalue weighted by Gasteiger charge is 2.71. The lowest BCUT2D eigenvalue weighted by atomic mass is 9.83. The first-order chi connectivity index (χ1) is 26.9. The van der Waals surface area contributed by atoms with E-state index in [9.17, 15) is 38.4 Å². The Bertz CT molecular complexity index is 1740. The number of ether oxygens (including phenoxy) is 11. The second kappa shape index (κ2) is 19.4. The van der Waals surface area contributed by atoms with Crippen molar-refractivity contribution in [2.24, 2.45) is 11.8 Å². The Balaban J connectivity index is 1.84. The summed E-state index contributed by atoms with van der Waals surface area (Å²) in [5, 5.41) is 0. The van der Waals surface area contributed by atoms with Gasteiger partial charge in [0.2, 0.25) is 12.6 Å². The average molecular weight is 805 g/mol. The van der Waals surface area contributed by atoms with Crippen LogP contribution in [0.3, 0.4) is 0 Å². The van der Waals surface area contributed by atoms with Gasteiger partial charge in [0, 0.05) is 60.5 Å². The number of carbonyl (C=O) groups excluding carboxylic acids is 8. The molecule has 2 aliphatic heterocycles. The van der Waals surface area contributed by atoms with Crippen LogP contribution in [0.4, 0.5) is 0 Å². The minimum atomic E-state index is -2.23. The molecule has 0 spiro atoms. The van der Waals surface area contributed by atoms with Crippen molar-refractivity contribution in [3.05, 3.63) is 54.3 Å². The molecule has 1 saturated carbocycles. The maximum Gasteiger partial charge on any atom is 0.330 e. The molecule has 2 fully saturated rings. The maximum absolute atomic E-state index is 13.2. The zero-order valence-corrected chi connectivity index (χ0v) is 32.1. The Kier molecular flexibility index (Phi) is 14.9. The summed E-state index contributed by atoms with van der Waals surface area (Å²) in [6, 6.07) is 8.74. The van der Waals surface area contributed by atoms with E-state index < -0.39 is 128 Å². The van der Waals surface area contributed by atoms with Crippen LogP contribution in [0.1, 0.15) is 54.0 Å². The van der Waals surface area contributed by atoms with E-state index >= 15 is 0 Å². The Labute approximate surface area is 326 Å². The molecule has 3 aliphatic rings. The monoisotopic (exact) mass is 804 g/mol. The third kappa shape index (κ3) is 11.4. The topological polar surface area (TPSA) is 238 Å². The first-order valence-corrected chi connectivity index (χ1v) is 17.6. The van der Waals surface area contributed by atoms with Crippen molar-refractivity contribution in [3.63, 3.8) is 0 Å². The predicted octanol–water partition coefficient (Wildman–Crippen LogP) is 1.62. The van der Waals surface area contributed by atoms with Gasteiger partial charge in [0.15, 0.2) is 30.0 Å². The lowest BCUT2D eigenvalue weighted by Crippen LogP contribution is -2.64. The Morgan fingerprint density at radius 3 is 1.81 bits per heavy atom. The molecule has 2 heterocycles. The summed E-state index contributed by atoms with van der Waals surface area (Å²) in [5.41, 5.74) is -1.58. The van der Waals surface area contributed by atoms with Crippen LogP contribution in [0.5, 0.6) is 0 Å². The van der Waals surface area contributed by atoms with Gasteiger partial charge in [0.05, 0.1) is 12.2 Å². The first kappa shape index (κ1) is 43.9. The molecule has 19 heteroatoms. The molecule has 1 aromatic rings. The Morgan fingerprint density at radius 1 is 0.649 bits per heavy atom. The maximum atomic E-state index is 13.2. The van der Waals surface area contributed by atoms with Crippen LogP contribution in [0.25, 0.3) is 6.08 Å². The van der Waals surface area contributed by atoms with E-state index in [0.29, 0.717) is 5.56 Å². The standard InChI is InChI=1S/C38H44O19/c1-19(39)48-17-28-32(51-21(3)41)33(52-22(4)42)34(53-23(5)43)37(55-28)56-36-30-27(15-16-47-36)31(50-20(2)40)35(54-24(6)44)38(30,57-25(7)45)18-49-29(46)14-13-26-11-9-8-10-12-26/h8-16,27-28,30-37H,17-18H2,1-7H3/b14-13+/t27-,28-,30-,31+,32-,33+,34-,35-,36+,37+,38-/m1/s1. The first-order valence-electron chi connectivity index (χ1n) is 17.6. The van der Waals surface area contributed by atoms with Crippen molar-refractivity contribution in [1.82, 2.24) is 0 Å². The molecule has 0 unspecified atom stereocenters. The molecule has 1 aromatic carbocycles. The third-order valence-electron chi connectivity index (χ3n) is 8.74. The summed E-state index contributed by atoms with van der Waals surface area (Å²) >= 11 is 0. The fourth-order valence-corrected chi connectivity index (χ4v) is 6.93. The third-order valence-corrected chi connectivity index (χ3v) is 8.74. The van der Waals surface area contributed by atoms with Gasteiger partial charge in [-0.3, -0.25) is 33.6 Å². The van der Waals surface area contributed by atoms with Crippen molar-refractivity contribution in [1.29, 1.82) is 0 Å². The summed E-state index contributed by atoms with van der Waals surface area (Å²) in [5.74, 6) is -9.50. The lowest BCUT2D eigenvalue weighted by molar-refractivity contribution is -0.350. The number of benzene rings is 1. The molecule has 1 aliphatic carbocycles. The van der Waals surface area contributed by atoms with Crippen LogP contribution in [-0.4, -0.2) is 116 Å². The SMILES string of the molecule is CC(=O)OC[C@H]1O[C@@H](O[C@@H]2OC=C[C@H]3[C@H](OC(C)=O)[C@@H](OC(C)=O)[C@](COC(=O)/C=C/c4ccccc4)(OC(C)=O)[C@@H]23)[C@H](OC(C)=O)[C@@H](OC(C)=O)[C@@H]1OC(C)=O. The molecule has 0 bridgehead atoms. The van der Waals surface area contributed by atoms with E-state index in [1.165, 1.54) is 12.2 Å². The van der Waals surface area contributed by atoms with Gasteiger partial charge in [0.25, 0.3) is 0 Å². The number of hydrogen-bond donors (Lipinski definition) is 0. The molecule has 11 atom stereocenters. The van der Waals surface area contributed by atoms with E-state index in [1.807, 2.05) is 0 Å². The zero-order chi connectivity index (χ0) is 42.0. The average Bonchev–Trinajstić information content (AvgIpc) is 3.35. The second-order valence-corrected chi connectivity index (χ2v) is 13.1. The highest BCUT2D eigenvalue weighted by atomic mass is 16.8. The highest BCUT2D eigenvalue weighted by Crippen LogP contribution is 2.52. The quantitative estimate of drug-likeness (QED) is 0.147. The second-order valence-electron chi connectivity index (χ2n) is 13.1. The van der Waals surface area contributed by atoms with Crippen molar-refractivity contribution in [3.8, 4) is 0 Å². The van der Waals surface area contributed by atoms with Crippen LogP contribution in [0.15, 0.2) is 48.7 Å². The van der Waals surface area contributed by atoms with Crippen LogP contribution >= 0.6 is 0 Å². The largest absolute Gasteiger partial charge is 0.472 e. The minimum absolute atomic E-state index is 0.581. The fraction of sp³-hybridized carbons (Fsp3) is 0.526. The van der Waals surface area contributed by atoms with Gasteiger partial charge in [-0.05, 0) is 17.7 Å². The summed E-state index contributed by atoms with van der Waals surface area (Å²) < 4.78 is 62.9. The molecular weight excluding hydrogens is 760 g/mol. The van der Waals surface area contributed by atoms with Crippen LogP contribution in [0, 0.1) is 11.8 Å². The lowest BCUT2D eigenvalue weighted by Gasteiger charge is -2.46. The molecule has 0 aromatic heterocycles. The number of carbonyl (C=O) groups is 8. The zero-order valence-electron chi connectivity index (χ0n) is 32.1. The van der Waals surface area contributed by atoms with E-state index in [2.05, 4.69) is 0 Å². The van der Waals surface area contributed by atoms with E-state index in [1.54, 1.807) is 30.3 Å². The highest BCUT2D eigenvalue weighted by molar-refractivity contribution is 5.87. The molecule has 19 nitrogen and oxygen atoms in total. The van der Waals surface area contributed by atoms with E-state index in [0.717, 1.165) is 60.8 Å². The number of esters is 8. The smallest absolute Gasteiger partial charge is 0.330 e. The molecule has 1 saturated heterocycles. The summed E-state index contributed by atoms with van der Waals surface area (Å²) in [4.78, 5) is 100. The molecular formula is C38H44O19. The van der Waals surface area contributed by atoms with Crippen molar-refractivity contribution >= 4 is 53.8 Å². The minimum Gasteiger partial charge on any atom is -0.472 e. The van der Waals surface area contributed by atoms with Gasteiger partial charge < -0.3 is 52.1 Å². The summed E-state index contributed by atoms with van der Waals surface area (Å²) in [7, 11) is 0. The van der Waals surface area contributed by atoms with E-state index in [-0.39, 0.29) is 0 Å². The van der Waals surface area contributed by atoms with Crippen molar-refractivity contribution < 1.29 is 90.5 Å². The van der Waals surface area contributed by atoms with Gasteiger partial charge in [-0.25, -0.2) is 4.79 Å². The molecule has 4 rings (SSSR count). The summed E-state index contributed by atoms with van der Waals surface area (Å²) in [6.07, 6.45) is -7.72.